The lowest BCUT2D eigenvalue weighted by atomic mass is 9.74. The Labute approximate surface area is 485 Å². The predicted octanol–water partition coefficient (Wildman–Crippen LogP) is 10.0. The summed E-state index contributed by atoms with van der Waals surface area (Å²) in [7, 11) is -5.73. The molecule has 0 aromatic heterocycles. The normalized spacial score (nSPS) is 19.2. The van der Waals surface area contributed by atoms with Gasteiger partial charge < -0.3 is 52.4 Å². The maximum absolute atomic E-state index is 12.5. The molecule has 3 aromatic rings. The third-order valence-electron chi connectivity index (χ3n) is 15.4. The van der Waals surface area contributed by atoms with Gasteiger partial charge in [-0.2, -0.15) is 21.6 Å². The Hall–Kier alpha value is -5.29. The van der Waals surface area contributed by atoms with E-state index in [9.17, 15) is 45.9 Å². The van der Waals surface area contributed by atoms with Gasteiger partial charge in [-0.05, 0) is 164 Å². The molecule has 6 heterocycles. The van der Waals surface area contributed by atoms with Crippen LogP contribution in [0.1, 0.15) is 144 Å². The van der Waals surface area contributed by atoms with E-state index in [1.54, 1.807) is 25.1 Å². The van der Waals surface area contributed by atoms with Gasteiger partial charge in [0.25, 0.3) is 0 Å². The molecule has 22 heteroatoms. The fraction of sp³-hybridized carbons (Fsp3) is 0.633. The molecule has 454 valence electrons. The SMILES string of the molecule is CC(=O)Sc1ccc2c(c1)OCC21CCN(CCC(=O)OC(C)(C)C)CC1.CC(C)(C)OC(=O)CCN1CCC2(CC1)COc1cc(O)ccc12.CC(C)(C)OC(=O)CCN1CCC2(CC1)COc1cc(OS(=O)(=O)C(F)(F)F)ccc12. The smallest absolute Gasteiger partial charge is 0.508 e. The number of carbonyl (C=O) groups is 4. The number of benzene rings is 3. The average Bonchev–Trinajstić information content (AvgIpc) is 2.45. The molecule has 3 spiro atoms. The molecule has 6 aliphatic heterocycles. The molecular weight excluding hydrogens is 1110 g/mol. The molecule has 1 N–H and O–H groups in total. The number of thioether (sulfide) groups is 1. The zero-order chi connectivity index (χ0) is 60.1. The first-order valence-electron chi connectivity index (χ1n) is 28.2. The van der Waals surface area contributed by atoms with Crippen LogP contribution >= 0.6 is 11.8 Å². The van der Waals surface area contributed by atoms with Crippen molar-refractivity contribution in [3.05, 3.63) is 71.3 Å². The quantitative estimate of drug-likeness (QED) is 0.0590. The maximum Gasteiger partial charge on any atom is 0.534 e. The first-order chi connectivity index (χ1) is 38.1. The number of likely N-dealkylation sites (tertiary alicyclic amines) is 3. The summed E-state index contributed by atoms with van der Waals surface area (Å²) < 4.78 is 97.8. The van der Waals surface area contributed by atoms with Crippen LogP contribution in [0.2, 0.25) is 0 Å². The monoisotopic (exact) mass is 1190 g/mol. The van der Waals surface area contributed by atoms with Crippen molar-refractivity contribution >= 4 is 44.9 Å². The average molecular weight is 1190 g/mol. The lowest BCUT2D eigenvalue weighted by Crippen LogP contribution is -2.44. The molecule has 0 aliphatic carbocycles. The van der Waals surface area contributed by atoms with Crippen molar-refractivity contribution in [2.45, 2.75) is 170 Å². The number of hydrogen-bond acceptors (Lipinski definition) is 18. The number of carbonyl (C=O) groups excluding carboxylic acids is 4. The van der Waals surface area contributed by atoms with Crippen molar-refractivity contribution in [3.63, 3.8) is 0 Å². The second-order valence-corrected chi connectivity index (χ2v) is 28.1. The number of rotatable bonds is 12. The van der Waals surface area contributed by atoms with Crippen molar-refractivity contribution in [3.8, 4) is 28.7 Å². The van der Waals surface area contributed by atoms with E-state index in [-0.39, 0.29) is 45.0 Å². The molecule has 6 aliphatic rings. The van der Waals surface area contributed by atoms with E-state index in [1.165, 1.54) is 35.0 Å². The number of alkyl halides is 3. The highest BCUT2D eigenvalue weighted by Crippen LogP contribution is 2.49. The highest BCUT2D eigenvalue weighted by molar-refractivity contribution is 8.13. The lowest BCUT2D eigenvalue weighted by molar-refractivity contribution is -0.156. The fourth-order valence-electron chi connectivity index (χ4n) is 11.3. The summed E-state index contributed by atoms with van der Waals surface area (Å²) in [6, 6.07) is 15.6. The van der Waals surface area contributed by atoms with Crippen molar-refractivity contribution in [2.75, 3.05) is 78.7 Å². The minimum absolute atomic E-state index is 0.0610. The van der Waals surface area contributed by atoms with E-state index in [0.29, 0.717) is 51.4 Å². The molecule has 0 radical (unpaired) electrons. The van der Waals surface area contributed by atoms with Crippen LogP contribution in [-0.4, -0.2) is 152 Å². The predicted molar refractivity (Wildman–Crippen MR) is 303 cm³/mol. The van der Waals surface area contributed by atoms with E-state index in [0.717, 1.165) is 113 Å². The van der Waals surface area contributed by atoms with Gasteiger partial charge in [-0.3, -0.25) is 19.2 Å². The zero-order valence-corrected chi connectivity index (χ0v) is 50.7. The summed E-state index contributed by atoms with van der Waals surface area (Å²) in [6.07, 6.45) is 6.73. The Bertz CT molecular complexity index is 2870. The van der Waals surface area contributed by atoms with Crippen LogP contribution in [-0.2, 0) is 59.8 Å². The Morgan fingerprint density at radius 1 is 0.549 bits per heavy atom. The molecule has 0 amide bonds. The molecule has 3 aromatic carbocycles. The molecular formula is C60H82F3N3O14S2. The van der Waals surface area contributed by atoms with Gasteiger partial charge in [0.1, 0.15) is 45.6 Å². The van der Waals surface area contributed by atoms with Crippen LogP contribution in [0.3, 0.4) is 0 Å². The van der Waals surface area contributed by atoms with E-state index in [1.807, 2.05) is 80.5 Å². The molecule has 0 bridgehead atoms. The molecule has 82 heavy (non-hydrogen) atoms. The Morgan fingerprint density at radius 2 is 0.890 bits per heavy atom. The second-order valence-electron chi connectivity index (χ2n) is 25.3. The summed E-state index contributed by atoms with van der Waals surface area (Å²) in [5.74, 6) is 1.37. The van der Waals surface area contributed by atoms with Gasteiger partial charge in [-0.15, -0.1) is 0 Å². The Balaban J connectivity index is 0.000000178. The number of phenolic OH excluding ortho intramolecular Hbond substituents is 1. The number of aromatic hydroxyl groups is 1. The standard InChI is InChI=1S/C21H29NO4S.C20H26F3NO6S.C19H27NO4/c1-15(23)27-16-5-6-17-18(13-16)25-14-21(17)8-11-22(12-9-21)10-7-19(24)26-20(2,3)4;1-18(2,3)29-17(25)6-9-24-10-7-19(8-11-24)13-28-16-12-14(4-5-15(16)19)30-31(26,27)20(21,22)23;1-18(2,3)24-17(22)6-9-20-10-7-19(8-11-20)13-23-16-12-14(21)4-5-15(16)19/h5-6,13H,7-12,14H2,1-4H3;4-5,12H,6-11,13H2,1-3H3;4-5,12,21H,6-11,13H2,1-3H3. The van der Waals surface area contributed by atoms with Crippen LogP contribution in [0.25, 0.3) is 0 Å². The fourth-order valence-corrected chi connectivity index (χ4v) is 12.4. The number of fused-ring (bicyclic) bond motifs is 6. The van der Waals surface area contributed by atoms with Crippen molar-refractivity contribution in [1.29, 1.82) is 0 Å². The van der Waals surface area contributed by atoms with Crippen molar-refractivity contribution in [2.24, 2.45) is 0 Å². The van der Waals surface area contributed by atoms with Crippen LogP contribution in [0.5, 0.6) is 28.7 Å². The molecule has 3 saturated heterocycles. The number of hydrogen-bond donors (Lipinski definition) is 1. The minimum atomic E-state index is -5.73. The topological polar surface area (TPSA) is 197 Å². The number of halogens is 3. The van der Waals surface area contributed by atoms with Gasteiger partial charge in [0, 0.05) is 76.5 Å². The summed E-state index contributed by atoms with van der Waals surface area (Å²) in [6.45, 7) is 27.5. The van der Waals surface area contributed by atoms with Crippen molar-refractivity contribution < 1.29 is 78.5 Å². The van der Waals surface area contributed by atoms with Gasteiger partial charge in [-0.25, -0.2) is 0 Å². The van der Waals surface area contributed by atoms with E-state index < -0.39 is 38.2 Å². The molecule has 9 rings (SSSR count). The van der Waals surface area contributed by atoms with Gasteiger partial charge in [0.15, 0.2) is 5.12 Å². The summed E-state index contributed by atoms with van der Waals surface area (Å²) in [5, 5.41) is 9.68. The highest BCUT2D eigenvalue weighted by atomic mass is 32.2. The largest absolute Gasteiger partial charge is 0.534 e. The number of nitrogens with zero attached hydrogens (tertiary/aromatic N) is 3. The number of esters is 3. The molecule has 0 saturated carbocycles. The third kappa shape index (κ3) is 17.2. The van der Waals surface area contributed by atoms with Crippen molar-refractivity contribution in [1.82, 2.24) is 14.7 Å². The zero-order valence-electron chi connectivity index (χ0n) is 49.1. The second kappa shape index (κ2) is 25.5. The number of phenols is 1. The lowest BCUT2D eigenvalue weighted by Gasteiger charge is -2.38. The first-order valence-corrected chi connectivity index (χ1v) is 30.4. The Kier molecular flexibility index (Phi) is 20.0. The minimum Gasteiger partial charge on any atom is -0.508 e. The highest BCUT2D eigenvalue weighted by Gasteiger charge is 2.50. The first kappa shape index (κ1) is 64.3. The molecule has 3 fully saturated rings. The molecule has 17 nitrogen and oxygen atoms in total. The van der Waals surface area contributed by atoms with E-state index in [2.05, 4.69) is 24.9 Å². The third-order valence-corrected chi connectivity index (χ3v) is 17.2. The van der Waals surface area contributed by atoms with E-state index in [4.69, 9.17) is 28.4 Å². The van der Waals surface area contributed by atoms with Gasteiger partial charge in [0.05, 0.1) is 39.1 Å². The van der Waals surface area contributed by atoms with Gasteiger partial charge in [-0.1, -0.05) is 30.0 Å². The number of piperidine rings is 3. The van der Waals surface area contributed by atoms with Crippen LogP contribution in [0.4, 0.5) is 13.2 Å². The van der Waals surface area contributed by atoms with Gasteiger partial charge in [0.2, 0.25) is 0 Å². The summed E-state index contributed by atoms with van der Waals surface area (Å²) >= 11 is 1.24. The van der Waals surface area contributed by atoms with E-state index >= 15 is 0 Å². The Morgan fingerprint density at radius 3 is 1.24 bits per heavy atom. The number of ether oxygens (including phenoxy) is 6. The van der Waals surface area contributed by atoms with Crippen LogP contribution in [0, 0.1) is 0 Å². The summed E-state index contributed by atoms with van der Waals surface area (Å²) in [5.41, 5.74) is -3.71. The molecule has 0 unspecified atom stereocenters. The maximum atomic E-state index is 12.5. The molecule has 0 atom stereocenters. The summed E-state index contributed by atoms with van der Waals surface area (Å²) in [4.78, 5) is 54.8. The van der Waals surface area contributed by atoms with Gasteiger partial charge >= 0.3 is 33.5 Å². The van der Waals surface area contributed by atoms with Crippen LogP contribution < -0.4 is 18.4 Å². The van der Waals surface area contributed by atoms with Crippen LogP contribution in [0.15, 0.2) is 59.5 Å².